The van der Waals surface area contributed by atoms with E-state index in [-0.39, 0.29) is 0 Å². The molecule has 0 amide bonds. The van der Waals surface area contributed by atoms with E-state index in [1.165, 1.54) is 23.3 Å². The smallest absolute Gasteiger partial charge is 0.244 e. The van der Waals surface area contributed by atoms with Crippen LogP contribution in [0.5, 0.6) is 0 Å². The highest BCUT2D eigenvalue weighted by Crippen LogP contribution is 2.24. The van der Waals surface area contributed by atoms with E-state index in [1.807, 2.05) is 12.1 Å². The Morgan fingerprint density at radius 2 is 1.90 bits per heavy atom. The number of hydrogen-bond donors (Lipinski definition) is 1. The highest BCUT2D eigenvalue weighted by atomic mass is 79.9. The summed E-state index contributed by atoms with van der Waals surface area (Å²) in [6.45, 7) is 0.687. The average Bonchev–Trinajstić information content (AvgIpc) is 2.85. The van der Waals surface area contributed by atoms with E-state index in [0.717, 1.165) is 10.2 Å². The molecule has 0 atom stereocenters. The molecule has 1 N–H and O–H groups in total. The average molecular weight is 389 g/mol. The lowest BCUT2D eigenvalue weighted by Crippen LogP contribution is -2.23. The van der Waals surface area contributed by atoms with Gasteiger partial charge in [-0.3, -0.25) is 0 Å². The molecule has 0 unspecified atom stereocenters. The quantitative estimate of drug-likeness (QED) is 0.824. The van der Waals surface area contributed by atoms with Crippen LogP contribution in [0.3, 0.4) is 0 Å². The zero-order valence-electron chi connectivity index (χ0n) is 11.8. The molecule has 0 saturated heterocycles. The van der Waals surface area contributed by atoms with Crippen LogP contribution in [-0.4, -0.2) is 33.4 Å². The van der Waals surface area contributed by atoms with Crippen molar-refractivity contribution < 1.29 is 8.42 Å². The second kappa shape index (κ2) is 6.91. The van der Waals surface area contributed by atoms with Gasteiger partial charge in [0.2, 0.25) is 10.0 Å². The molecule has 2 aromatic rings. The number of hydrogen-bond acceptors (Lipinski definition) is 4. The second-order valence-electron chi connectivity index (χ2n) is 4.67. The normalized spacial score (nSPS) is 11.8. The number of thiophene rings is 1. The predicted octanol–water partition coefficient (Wildman–Crippen LogP) is 3.42. The van der Waals surface area contributed by atoms with Crippen molar-refractivity contribution in [3.05, 3.63) is 45.1 Å². The minimum absolute atomic E-state index is 0.308. The van der Waals surface area contributed by atoms with Crippen molar-refractivity contribution in [2.45, 2.75) is 11.3 Å². The van der Waals surface area contributed by atoms with E-state index >= 15 is 0 Å². The number of benzene rings is 1. The van der Waals surface area contributed by atoms with Crippen molar-refractivity contribution in [1.82, 2.24) is 4.31 Å². The first-order valence-corrected chi connectivity index (χ1v) is 9.46. The molecule has 0 radical (unpaired) electrons. The molecule has 0 fully saturated rings. The Labute approximate surface area is 138 Å². The van der Waals surface area contributed by atoms with E-state index in [0.29, 0.717) is 17.1 Å². The lowest BCUT2D eigenvalue weighted by Gasteiger charge is -2.16. The first-order valence-electron chi connectivity index (χ1n) is 6.41. The number of anilines is 1. The molecule has 0 spiro atoms. The molecule has 0 aliphatic rings. The zero-order chi connectivity index (χ0) is 15.5. The van der Waals surface area contributed by atoms with Crippen LogP contribution in [0.25, 0.3) is 0 Å². The largest absolute Gasteiger partial charge is 0.384 e. The summed E-state index contributed by atoms with van der Waals surface area (Å²) in [7, 11) is -0.359. The Hall–Kier alpha value is -0.890. The number of nitrogens with zero attached hydrogens (tertiary/aromatic N) is 1. The third-order valence-corrected chi connectivity index (χ3v) is 6.52. The van der Waals surface area contributed by atoms with Crippen molar-refractivity contribution in [2.24, 2.45) is 0 Å². The molecular formula is C14H17BrN2O2S2. The van der Waals surface area contributed by atoms with Gasteiger partial charge in [-0.1, -0.05) is 12.1 Å². The second-order valence-corrected chi connectivity index (χ2v) is 9.33. The third-order valence-electron chi connectivity index (χ3n) is 2.96. The lowest BCUT2D eigenvalue weighted by molar-refractivity contribution is 0.521. The van der Waals surface area contributed by atoms with Crippen molar-refractivity contribution in [3.63, 3.8) is 0 Å². The Kier molecular flexibility index (Phi) is 5.43. The number of rotatable bonds is 6. The number of sulfonamides is 1. The van der Waals surface area contributed by atoms with Gasteiger partial charge in [-0.05, 0) is 46.6 Å². The van der Waals surface area contributed by atoms with Crippen LogP contribution in [0, 0.1) is 0 Å². The van der Waals surface area contributed by atoms with Crippen LogP contribution in [0.15, 0.2) is 45.1 Å². The number of halogens is 1. The summed E-state index contributed by atoms with van der Waals surface area (Å²) < 4.78 is 26.9. The molecule has 1 heterocycles. The molecule has 0 saturated carbocycles. The fraction of sp³-hybridized carbons (Fsp3) is 0.286. The molecular weight excluding hydrogens is 372 g/mol. The van der Waals surface area contributed by atoms with Gasteiger partial charge in [-0.2, -0.15) is 0 Å². The Morgan fingerprint density at radius 1 is 1.19 bits per heavy atom. The molecule has 0 aliphatic carbocycles. The molecule has 7 heteroatoms. The summed E-state index contributed by atoms with van der Waals surface area (Å²) in [4.78, 5) is 1.56. The fourth-order valence-corrected chi connectivity index (χ4v) is 4.39. The standard InChI is InChI=1S/C14H17BrN2O2S2/c1-17(2)21(18,19)13-6-4-3-5-12(13)16-10-9-11-7-8-14(15)20-11/h3-8,16H,9-10H2,1-2H3. The maximum absolute atomic E-state index is 12.3. The molecule has 2 rings (SSSR count). The highest BCUT2D eigenvalue weighted by molar-refractivity contribution is 9.11. The molecule has 1 aromatic carbocycles. The van der Waals surface area contributed by atoms with Crippen LogP contribution >= 0.6 is 27.3 Å². The Balaban J connectivity index is 2.10. The Bertz CT molecular complexity index is 711. The number of para-hydroxylation sites is 1. The fourth-order valence-electron chi connectivity index (χ4n) is 1.84. The Morgan fingerprint density at radius 3 is 2.52 bits per heavy atom. The topological polar surface area (TPSA) is 49.4 Å². The van der Waals surface area contributed by atoms with Gasteiger partial charge in [0, 0.05) is 25.5 Å². The van der Waals surface area contributed by atoms with Gasteiger partial charge in [0.05, 0.1) is 9.47 Å². The van der Waals surface area contributed by atoms with Gasteiger partial charge < -0.3 is 5.32 Å². The molecule has 21 heavy (non-hydrogen) atoms. The molecule has 1 aromatic heterocycles. The first-order chi connectivity index (χ1) is 9.91. The van der Waals surface area contributed by atoms with Crippen molar-refractivity contribution in [3.8, 4) is 0 Å². The summed E-state index contributed by atoms with van der Waals surface area (Å²) in [5, 5.41) is 3.22. The van der Waals surface area contributed by atoms with E-state index < -0.39 is 10.0 Å². The summed E-state index contributed by atoms with van der Waals surface area (Å²) in [5.74, 6) is 0. The zero-order valence-corrected chi connectivity index (χ0v) is 15.1. The van der Waals surface area contributed by atoms with Gasteiger partial charge in [-0.25, -0.2) is 12.7 Å². The predicted molar refractivity (Wildman–Crippen MR) is 91.5 cm³/mol. The lowest BCUT2D eigenvalue weighted by atomic mass is 10.3. The SMILES string of the molecule is CN(C)S(=O)(=O)c1ccccc1NCCc1ccc(Br)s1. The van der Waals surface area contributed by atoms with Gasteiger partial charge in [0.25, 0.3) is 0 Å². The maximum Gasteiger partial charge on any atom is 0.244 e. The van der Waals surface area contributed by atoms with Gasteiger partial charge in [-0.15, -0.1) is 11.3 Å². The molecule has 0 bridgehead atoms. The molecule has 114 valence electrons. The monoisotopic (exact) mass is 388 g/mol. The first kappa shape index (κ1) is 16.5. The molecule has 4 nitrogen and oxygen atoms in total. The highest BCUT2D eigenvalue weighted by Gasteiger charge is 2.20. The third kappa shape index (κ3) is 4.06. The molecule has 0 aliphatic heterocycles. The van der Waals surface area contributed by atoms with Crippen LogP contribution in [0.2, 0.25) is 0 Å². The summed E-state index contributed by atoms with van der Waals surface area (Å²) in [5.41, 5.74) is 0.641. The van der Waals surface area contributed by atoms with Crippen LogP contribution < -0.4 is 5.32 Å². The van der Waals surface area contributed by atoms with Gasteiger partial charge in [0.15, 0.2) is 0 Å². The van der Waals surface area contributed by atoms with E-state index in [9.17, 15) is 8.42 Å². The van der Waals surface area contributed by atoms with E-state index in [2.05, 4.69) is 27.3 Å². The minimum atomic E-state index is -3.43. The summed E-state index contributed by atoms with van der Waals surface area (Å²) >= 11 is 5.12. The van der Waals surface area contributed by atoms with Crippen LogP contribution in [-0.2, 0) is 16.4 Å². The van der Waals surface area contributed by atoms with E-state index in [4.69, 9.17) is 0 Å². The van der Waals surface area contributed by atoms with Gasteiger partial charge >= 0.3 is 0 Å². The van der Waals surface area contributed by atoms with Crippen molar-refractivity contribution >= 4 is 43.0 Å². The minimum Gasteiger partial charge on any atom is -0.384 e. The van der Waals surface area contributed by atoms with Crippen LogP contribution in [0.4, 0.5) is 5.69 Å². The van der Waals surface area contributed by atoms with Crippen LogP contribution in [0.1, 0.15) is 4.88 Å². The van der Waals surface area contributed by atoms with E-state index in [1.54, 1.807) is 29.5 Å². The maximum atomic E-state index is 12.3. The van der Waals surface area contributed by atoms with Crippen molar-refractivity contribution in [1.29, 1.82) is 0 Å². The van der Waals surface area contributed by atoms with Crippen molar-refractivity contribution in [2.75, 3.05) is 26.0 Å². The summed E-state index contributed by atoms with van der Waals surface area (Å²) in [6.07, 6.45) is 0.854. The summed E-state index contributed by atoms with van der Waals surface area (Å²) in [6, 6.07) is 11.1. The van der Waals surface area contributed by atoms with Gasteiger partial charge in [0.1, 0.15) is 4.90 Å². The number of nitrogens with one attached hydrogen (secondary N) is 1.